The zero-order chi connectivity index (χ0) is 10.7. The van der Waals surface area contributed by atoms with Crippen molar-refractivity contribution < 1.29 is 17.5 Å². The van der Waals surface area contributed by atoms with Gasteiger partial charge in [-0.2, -0.15) is 0 Å². The predicted octanol–water partition coefficient (Wildman–Crippen LogP) is -1.25. The molecule has 0 saturated carbocycles. The zero-order valence-corrected chi connectivity index (χ0v) is 9.99. The summed E-state index contributed by atoms with van der Waals surface area (Å²) in [5, 5.41) is 0. The van der Waals surface area contributed by atoms with Gasteiger partial charge < -0.3 is 20.6 Å². The van der Waals surface area contributed by atoms with Gasteiger partial charge in [-0.05, 0) is 25.9 Å². The summed E-state index contributed by atoms with van der Waals surface area (Å²) in [5.41, 5.74) is 10.6. The topological polar surface area (TPSA) is 132 Å². The monoisotopic (exact) mass is 239 g/mol. The van der Waals surface area contributed by atoms with Crippen LogP contribution in [0.15, 0.2) is 0 Å². The summed E-state index contributed by atoms with van der Waals surface area (Å²) in [5.74, 6) is 0. The van der Waals surface area contributed by atoms with Gasteiger partial charge in [0.2, 0.25) is 0 Å². The molecule has 82 valence electrons. The van der Waals surface area contributed by atoms with Crippen molar-refractivity contribution in [2.24, 2.45) is 11.5 Å². The molecule has 8 heteroatoms. The Labute approximate surface area is 95.8 Å². The first-order chi connectivity index (χ1) is 5.91. The maximum absolute atomic E-state index is 8.52. The van der Waals surface area contributed by atoms with Crippen molar-refractivity contribution >= 4 is 27.8 Å². The van der Waals surface area contributed by atoms with Gasteiger partial charge in [0, 0.05) is 10.4 Å². The van der Waals surface area contributed by atoms with Crippen molar-refractivity contribution in [3.63, 3.8) is 0 Å². The molecule has 0 aromatic carbocycles. The van der Waals surface area contributed by atoms with E-state index >= 15 is 0 Å². The maximum atomic E-state index is 8.52. The van der Waals surface area contributed by atoms with Crippen LogP contribution in [0.4, 0.5) is 0 Å². The largest absolute Gasteiger partial charge is 3.00 e. The fourth-order valence-electron chi connectivity index (χ4n) is 0.642. The Bertz CT molecular complexity index is 172. The summed E-state index contributed by atoms with van der Waals surface area (Å²) >= 11 is 0. The summed E-state index contributed by atoms with van der Waals surface area (Å²) in [6.45, 7) is 1.65. The molecule has 0 fully saturated rings. The van der Waals surface area contributed by atoms with Crippen LogP contribution in [-0.4, -0.2) is 48.0 Å². The molecule has 0 atom stereocenters. The summed E-state index contributed by atoms with van der Waals surface area (Å²) < 4.78 is 34.1. The second kappa shape index (κ2) is 13.3. The van der Waals surface area contributed by atoms with E-state index in [1.807, 2.05) is 0 Å². The van der Waals surface area contributed by atoms with Gasteiger partial charge in [-0.3, -0.25) is 8.42 Å². The van der Waals surface area contributed by atoms with Crippen molar-refractivity contribution in [3.05, 3.63) is 0 Å². The molecular formula is C6H16AlN2O4S+. The van der Waals surface area contributed by atoms with Crippen LogP contribution in [0.5, 0.6) is 0 Å². The van der Waals surface area contributed by atoms with Crippen LogP contribution >= 0.6 is 0 Å². The summed E-state index contributed by atoms with van der Waals surface area (Å²) in [6, 6.07) is 0. The molecule has 14 heavy (non-hydrogen) atoms. The molecule has 0 rings (SSSR count). The van der Waals surface area contributed by atoms with Gasteiger partial charge in [0.15, 0.2) is 0 Å². The molecule has 0 unspecified atom stereocenters. The van der Waals surface area contributed by atoms with E-state index in [2.05, 4.69) is 0 Å². The average molecular weight is 239 g/mol. The second-order valence-corrected chi connectivity index (χ2v) is 3.22. The van der Waals surface area contributed by atoms with Crippen LogP contribution in [-0.2, 0) is 10.4 Å². The van der Waals surface area contributed by atoms with Crippen LogP contribution in [0, 0.1) is 0 Å². The zero-order valence-electron chi connectivity index (χ0n) is 8.02. The standard InChI is InChI=1S/C6H16N2.Al.H2O4S/c7-5-3-1-2-4-6-8;;1-5(2,3)4/h1-8H2;;(H2,1,2,3,4)/q;+3;/p-2. The number of hydrogen-bond donors (Lipinski definition) is 2. The Kier molecular flexibility index (Phi) is 18.9. The number of rotatable bonds is 5. The van der Waals surface area contributed by atoms with Gasteiger partial charge in [0.05, 0.1) is 0 Å². The van der Waals surface area contributed by atoms with Crippen LogP contribution in [0.2, 0.25) is 0 Å². The molecule has 0 aliphatic heterocycles. The van der Waals surface area contributed by atoms with Gasteiger partial charge in [-0.15, -0.1) is 0 Å². The van der Waals surface area contributed by atoms with Crippen molar-refractivity contribution in [3.8, 4) is 0 Å². The molecule has 0 heterocycles. The van der Waals surface area contributed by atoms with Crippen molar-refractivity contribution in [2.75, 3.05) is 13.1 Å². The van der Waals surface area contributed by atoms with E-state index in [1.54, 1.807) is 0 Å². The van der Waals surface area contributed by atoms with Crippen molar-refractivity contribution in [1.29, 1.82) is 0 Å². The van der Waals surface area contributed by atoms with E-state index in [0.29, 0.717) is 0 Å². The smallest absolute Gasteiger partial charge is 0.759 e. The predicted molar refractivity (Wildman–Crippen MR) is 52.8 cm³/mol. The average Bonchev–Trinajstić information content (AvgIpc) is 1.95. The molecule has 0 aromatic rings. The molecule has 4 N–H and O–H groups in total. The summed E-state index contributed by atoms with van der Waals surface area (Å²) in [7, 11) is -5.17. The van der Waals surface area contributed by atoms with Crippen LogP contribution in [0.3, 0.4) is 0 Å². The third-order valence-corrected chi connectivity index (χ3v) is 1.16. The maximum Gasteiger partial charge on any atom is 3.00 e. The molecule has 0 aliphatic carbocycles. The first-order valence-corrected chi connectivity index (χ1v) is 5.32. The summed E-state index contributed by atoms with van der Waals surface area (Å²) in [4.78, 5) is 0. The minimum absolute atomic E-state index is 0. The van der Waals surface area contributed by atoms with Crippen LogP contribution in [0.1, 0.15) is 25.7 Å². The van der Waals surface area contributed by atoms with E-state index in [4.69, 9.17) is 29.0 Å². The molecular weight excluding hydrogens is 223 g/mol. The first kappa shape index (κ1) is 19.8. The van der Waals surface area contributed by atoms with Gasteiger partial charge in [-0.1, -0.05) is 12.8 Å². The SMILES string of the molecule is NCCCCCCN.O=S(=O)([O-])[O-].[Al+3]. The van der Waals surface area contributed by atoms with Crippen molar-refractivity contribution in [2.45, 2.75) is 25.7 Å². The van der Waals surface area contributed by atoms with E-state index in [-0.39, 0.29) is 17.4 Å². The third-order valence-electron chi connectivity index (χ3n) is 1.16. The van der Waals surface area contributed by atoms with E-state index in [0.717, 1.165) is 25.9 Å². The van der Waals surface area contributed by atoms with Gasteiger partial charge >= 0.3 is 17.4 Å². The molecule has 0 radical (unpaired) electrons. The molecule has 6 nitrogen and oxygen atoms in total. The van der Waals surface area contributed by atoms with Gasteiger partial charge in [0.25, 0.3) is 0 Å². The van der Waals surface area contributed by atoms with Crippen molar-refractivity contribution in [1.82, 2.24) is 0 Å². The fourth-order valence-corrected chi connectivity index (χ4v) is 0.642. The number of hydrogen-bond acceptors (Lipinski definition) is 6. The Morgan fingerprint density at radius 2 is 1.07 bits per heavy atom. The third kappa shape index (κ3) is 55.8. The Balaban J connectivity index is -0.000000177. The van der Waals surface area contributed by atoms with E-state index in [1.165, 1.54) is 12.8 Å². The Morgan fingerprint density at radius 1 is 0.857 bits per heavy atom. The molecule has 0 saturated heterocycles. The normalized spacial score (nSPS) is 9.71. The Hall–Kier alpha value is 0.322. The van der Waals surface area contributed by atoms with E-state index in [9.17, 15) is 0 Å². The van der Waals surface area contributed by atoms with Gasteiger partial charge in [-0.25, -0.2) is 0 Å². The first-order valence-electron chi connectivity index (χ1n) is 3.98. The molecule has 0 aromatic heterocycles. The number of nitrogens with two attached hydrogens (primary N) is 2. The molecule has 0 amide bonds. The second-order valence-electron chi connectivity index (χ2n) is 2.40. The minimum atomic E-state index is -5.17. The van der Waals surface area contributed by atoms with E-state index < -0.39 is 10.4 Å². The van der Waals surface area contributed by atoms with Crippen LogP contribution in [0.25, 0.3) is 0 Å². The fraction of sp³-hybridized carbons (Fsp3) is 1.00. The molecule has 0 spiro atoms. The van der Waals surface area contributed by atoms with Gasteiger partial charge in [0.1, 0.15) is 0 Å². The molecule has 0 aliphatic rings. The number of unbranched alkanes of at least 4 members (excludes halogenated alkanes) is 3. The summed E-state index contributed by atoms with van der Waals surface area (Å²) in [6.07, 6.45) is 4.79. The molecule has 0 bridgehead atoms. The Morgan fingerprint density at radius 3 is 1.21 bits per heavy atom. The van der Waals surface area contributed by atoms with Crippen LogP contribution < -0.4 is 11.5 Å². The minimum Gasteiger partial charge on any atom is -0.759 e. The quantitative estimate of drug-likeness (QED) is 0.266.